The highest BCUT2D eigenvalue weighted by atomic mass is 16.3. The fourth-order valence-electron chi connectivity index (χ4n) is 2.16. The van der Waals surface area contributed by atoms with Crippen LogP contribution in [-0.2, 0) is 11.3 Å². The van der Waals surface area contributed by atoms with Crippen LogP contribution < -0.4 is 0 Å². The normalized spacial score (nSPS) is 29.1. The van der Waals surface area contributed by atoms with Crippen LogP contribution in [0.5, 0.6) is 0 Å². The zero-order valence-electron chi connectivity index (χ0n) is 9.68. The number of likely N-dealkylation sites (tertiary alicyclic amines) is 1. The second-order valence-corrected chi connectivity index (χ2v) is 4.52. The van der Waals surface area contributed by atoms with E-state index in [1.807, 2.05) is 44.2 Å². The predicted molar refractivity (Wildman–Crippen MR) is 61.7 cm³/mol. The van der Waals surface area contributed by atoms with Crippen molar-refractivity contribution in [1.82, 2.24) is 4.90 Å². The number of carbonyl (C=O) groups is 1. The van der Waals surface area contributed by atoms with Gasteiger partial charge in [0.25, 0.3) is 5.91 Å². The SMILES string of the molecule is CC[C@@]1(C)[C@@H](O)C(=O)N1Cc1ccccc1. The molecular weight excluding hydrogens is 202 g/mol. The first-order valence-electron chi connectivity index (χ1n) is 5.63. The summed E-state index contributed by atoms with van der Waals surface area (Å²) < 4.78 is 0. The van der Waals surface area contributed by atoms with Gasteiger partial charge in [0.2, 0.25) is 0 Å². The van der Waals surface area contributed by atoms with Crippen molar-refractivity contribution in [2.45, 2.75) is 38.5 Å². The molecular formula is C13H17NO2. The van der Waals surface area contributed by atoms with Crippen molar-refractivity contribution in [1.29, 1.82) is 0 Å². The Kier molecular flexibility index (Phi) is 2.72. The number of rotatable bonds is 3. The third-order valence-electron chi connectivity index (χ3n) is 3.60. The second-order valence-electron chi connectivity index (χ2n) is 4.52. The molecule has 16 heavy (non-hydrogen) atoms. The highest BCUT2D eigenvalue weighted by Gasteiger charge is 2.54. The number of benzene rings is 1. The largest absolute Gasteiger partial charge is 0.381 e. The van der Waals surface area contributed by atoms with Crippen LogP contribution in [0, 0.1) is 0 Å². The summed E-state index contributed by atoms with van der Waals surface area (Å²) in [5.41, 5.74) is 0.704. The molecule has 1 N–H and O–H groups in total. The van der Waals surface area contributed by atoms with Gasteiger partial charge in [-0.1, -0.05) is 37.3 Å². The van der Waals surface area contributed by atoms with E-state index in [4.69, 9.17) is 0 Å². The number of aliphatic hydroxyl groups excluding tert-OH is 1. The summed E-state index contributed by atoms with van der Waals surface area (Å²) in [6.45, 7) is 4.51. The Morgan fingerprint density at radius 3 is 2.56 bits per heavy atom. The first-order valence-corrected chi connectivity index (χ1v) is 5.63. The maximum Gasteiger partial charge on any atom is 0.254 e. The van der Waals surface area contributed by atoms with Gasteiger partial charge >= 0.3 is 0 Å². The van der Waals surface area contributed by atoms with E-state index < -0.39 is 11.6 Å². The van der Waals surface area contributed by atoms with Crippen LogP contribution >= 0.6 is 0 Å². The van der Waals surface area contributed by atoms with Crippen LogP contribution in [0.1, 0.15) is 25.8 Å². The summed E-state index contributed by atoms with van der Waals surface area (Å²) in [6.07, 6.45) is -0.0616. The van der Waals surface area contributed by atoms with Crippen molar-refractivity contribution in [2.24, 2.45) is 0 Å². The maximum atomic E-state index is 11.6. The van der Waals surface area contributed by atoms with Crippen LogP contribution in [-0.4, -0.2) is 27.6 Å². The Balaban J connectivity index is 2.14. The number of aliphatic hydroxyl groups is 1. The predicted octanol–water partition coefficient (Wildman–Crippen LogP) is 1.56. The van der Waals surface area contributed by atoms with Gasteiger partial charge in [0.15, 0.2) is 6.10 Å². The third-order valence-corrected chi connectivity index (χ3v) is 3.60. The third kappa shape index (κ3) is 1.52. The van der Waals surface area contributed by atoms with Gasteiger partial charge in [-0.2, -0.15) is 0 Å². The molecule has 0 spiro atoms. The monoisotopic (exact) mass is 219 g/mol. The average Bonchev–Trinajstić information content (AvgIpc) is 2.35. The van der Waals surface area contributed by atoms with E-state index in [9.17, 15) is 9.90 Å². The molecule has 1 heterocycles. The minimum absolute atomic E-state index is 0.159. The summed E-state index contributed by atoms with van der Waals surface area (Å²) in [7, 11) is 0. The molecule has 0 unspecified atom stereocenters. The van der Waals surface area contributed by atoms with Crippen molar-refractivity contribution in [3.63, 3.8) is 0 Å². The molecule has 3 nitrogen and oxygen atoms in total. The number of β-lactam (4-membered cyclic amide) rings is 1. The van der Waals surface area contributed by atoms with Gasteiger partial charge in [0, 0.05) is 6.54 Å². The van der Waals surface area contributed by atoms with Crippen molar-refractivity contribution < 1.29 is 9.90 Å². The first kappa shape index (κ1) is 11.1. The molecule has 86 valence electrons. The standard InChI is InChI=1S/C13H17NO2/c1-3-13(2)11(15)12(16)14(13)9-10-7-5-4-6-8-10/h4-8,11,15H,3,9H2,1-2H3/t11-,13-/m0/s1. The Morgan fingerprint density at radius 1 is 1.38 bits per heavy atom. The number of hydrogen-bond donors (Lipinski definition) is 1. The average molecular weight is 219 g/mol. The summed E-state index contributed by atoms with van der Waals surface area (Å²) in [5, 5.41) is 9.69. The van der Waals surface area contributed by atoms with Crippen LogP contribution in [0.15, 0.2) is 30.3 Å². The van der Waals surface area contributed by atoms with Gasteiger partial charge < -0.3 is 10.0 Å². The van der Waals surface area contributed by atoms with E-state index >= 15 is 0 Å². The summed E-state index contributed by atoms with van der Waals surface area (Å²) in [6, 6.07) is 9.86. The Morgan fingerprint density at radius 2 is 2.00 bits per heavy atom. The lowest BCUT2D eigenvalue weighted by molar-refractivity contribution is -0.185. The van der Waals surface area contributed by atoms with Gasteiger partial charge in [-0.15, -0.1) is 0 Å². The molecule has 1 aromatic rings. The number of carbonyl (C=O) groups excluding carboxylic acids is 1. The van der Waals surface area contributed by atoms with Crippen molar-refractivity contribution in [2.75, 3.05) is 0 Å². The zero-order chi connectivity index (χ0) is 11.8. The minimum Gasteiger partial charge on any atom is -0.381 e. The molecule has 0 saturated carbocycles. The molecule has 2 atom stereocenters. The molecule has 1 aliphatic rings. The topological polar surface area (TPSA) is 40.5 Å². The number of hydrogen-bond acceptors (Lipinski definition) is 2. The molecule has 0 radical (unpaired) electrons. The Bertz CT molecular complexity index is 390. The van der Waals surface area contributed by atoms with Gasteiger partial charge in [0.1, 0.15) is 0 Å². The fraction of sp³-hybridized carbons (Fsp3) is 0.462. The van der Waals surface area contributed by atoms with Crippen molar-refractivity contribution >= 4 is 5.91 Å². The van der Waals surface area contributed by atoms with Gasteiger partial charge in [-0.25, -0.2) is 0 Å². The first-order chi connectivity index (χ1) is 7.59. The molecule has 1 amide bonds. The lowest BCUT2D eigenvalue weighted by Gasteiger charge is -2.53. The summed E-state index contributed by atoms with van der Waals surface area (Å²) in [5.74, 6) is -0.159. The van der Waals surface area contributed by atoms with Crippen LogP contribution in [0.2, 0.25) is 0 Å². The molecule has 0 aliphatic carbocycles. The van der Waals surface area contributed by atoms with Crippen LogP contribution in [0.25, 0.3) is 0 Å². The number of nitrogens with zero attached hydrogens (tertiary/aromatic N) is 1. The molecule has 1 fully saturated rings. The maximum absolute atomic E-state index is 11.6. The highest BCUT2D eigenvalue weighted by molar-refractivity contribution is 5.89. The van der Waals surface area contributed by atoms with Crippen LogP contribution in [0.4, 0.5) is 0 Å². The summed E-state index contributed by atoms with van der Waals surface area (Å²) in [4.78, 5) is 13.4. The lowest BCUT2D eigenvalue weighted by atomic mass is 9.80. The van der Waals surface area contributed by atoms with Gasteiger partial charge in [0.05, 0.1) is 5.54 Å². The molecule has 0 bridgehead atoms. The quantitative estimate of drug-likeness (QED) is 0.784. The van der Waals surface area contributed by atoms with E-state index in [2.05, 4.69) is 0 Å². The molecule has 1 aromatic carbocycles. The molecule has 1 aliphatic heterocycles. The molecule has 1 saturated heterocycles. The van der Waals surface area contributed by atoms with E-state index in [1.165, 1.54) is 0 Å². The molecule has 3 heteroatoms. The van der Waals surface area contributed by atoms with Crippen molar-refractivity contribution in [3.05, 3.63) is 35.9 Å². The Hall–Kier alpha value is -1.35. The van der Waals surface area contributed by atoms with Crippen LogP contribution in [0.3, 0.4) is 0 Å². The Labute approximate surface area is 95.7 Å². The highest BCUT2D eigenvalue weighted by Crippen LogP contribution is 2.36. The minimum atomic E-state index is -0.832. The molecule has 2 rings (SSSR count). The van der Waals surface area contributed by atoms with E-state index in [0.717, 1.165) is 12.0 Å². The smallest absolute Gasteiger partial charge is 0.254 e. The van der Waals surface area contributed by atoms with E-state index in [1.54, 1.807) is 4.90 Å². The molecule has 0 aromatic heterocycles. The second kappa shape index (κ2) is 3.91. The van der Waals surface area contributed by atoms with Crippen molar-refractivity contribution in [3.8, 4) is 0 Å². The van der Waals surface area contributed by atoms with Gasteiger partial charge in [-0.3, -0.25) is 4.79 Å². The summed E-state index contributed by atoms with van der Waals surface area (Å²) >= 11 is 0. The zero-order valence-corrected chi connectivity index (χ0v) is 9.68. The lowest BCUT2D eigenvalue weighted by Crippen LogP contribution is -2.72. The van der Waals surface area contributed by atoms with Gasteiger partial charge in [-0.05, 0) is 18.9 Å². The van der Waals surface area contributed by atoms with E-state index in [-0.39, 0.29) is 5.91 Å². The fourth-order valence-corrected chi connectivity index (χ4v) is 2.16. The van der Waals surface area contributed by atoms with E-state index in [0.29, 0.717) is 6.54 Å². The number of amides is 1.